The first kappa shape index (κ1) is 19.2. The zero-order chi connectivity index (χ0) is 20.5. The molecule has 0 saturated heterocycles. The minimum atomic E-state index is -0.538. The highest BCUT2D eigenvalue weighted by Crippen LogP contribution is 2.30. The van der Waals surface area contributed by atoms with E-state index in [1.54, 1.807) is 0 Å². The fraction of sp³-hybridized carbons (Fsp3) is 0.250. The molecule has 154 valence electrons. The number of aliphatic hydroxyl groups is 1. The molecule has 0 bridgehead atoms. The van der Waals surface area contributed by atoms with Gasteiger partial charge in [0, 0.05) is 64.4 Å². The number of aromatic nitrogens is 2. The molecule has 0 saturated carbocycles. The maximum atomic E-state index is 10.5. The number of rotatable bonds is 6. The summed E-state index contributed by atoms with van der Waals surface area (Å²) in [6, 6.07) is 13.9. The van der Waals surface area contributed by atoms with Gasteiger partial charge in [0.25, 0.3) is 0 Å². The topological polar surface area (TPSA) is 64.3 Å². The van der Waals surface area contributed by atoms with Crippen LogP contribution >= 0.6 is 11.6 Å². The van der Waals surface area contributed by atoms with Crippen molar-refractivity contribution in [3.05, 3.63) is 71.5 Å². The van der Waals surface area contributed by atoms with Crippen molar-refractivity contribution in [1.29, 1.82) is 0 Å². The van der Waals surface area contributed by atoms with Crippen molar-refractivity contribution in [3.8, 4) is 5.75 Å². The van der Waals surface area contributed by atoms with Crippen LogP contribution in [0.1, 0.15) is 12.0 Å². The highest BCUT2D eigenvalue weighted by molar-refractivity contribution is 6.31. The lowest BCUT2D eigenvalue weighted by Crippen LogP contribution is -2.38. The Morgan fingerprint density at radius 2 is 2.03 bits per heavy atom. The Labute approximate surface area is 179 Å². The Bertz CT molecular complexity index is 1210. The van der Waals surface area contributed by atoms with E-state index in [-0.39, 0.29) is 6.61 Å². The summed E-state index contributed by atoms with van der Waals surface area (Å²) in [7, 11) is 0. The molecule has 3 N–H and O–H groups in total. The van der Waals surface area contributed by atoms with E-state index in [9.17, 15) is 5.11 Å². The van der Waals surface area contributed by atoms with Crippen LogP contribution in [0.2, 0.25) is 5.02 Å². The van der Waals surface area contributed by atoms with Crippen LogP contribution < -0.4 is 4.74 Å². The molecule has 3 heterocycles. The first-order valence-corrected chi connectivity index (χ1v) is 10.6. The van der Waals surface area contributed by atoms with E-state index in [0.717, 1.165) is 46.7 Å². The van der Waals surface area contributed by atoms with Crippen molar-refractivity contribution >= 4 is 39.0 Å². The number of nitrogens with one attached hydrogen (secondary N) is 2. The molecule has 6 heteroatoms. The van der Waals surface area contributed by atoms with Gasteiger partial charge >= 0.3 is 0 Å². The molecule has 4 aromatic rings. The summed E-state index contributed by atoms with van der Waals surface area (Å²) in [5.41, 5.74) is 4.68. The molecule has 2 aromatic carbocycles. The third-order valence-electron chi connectivity index (χ3n) is 5.74. The van der Waals surface area contributed by atoms with Crippen molar-refractivity contribution in [2.24, 2.45) is 0 Å². The van der Waals surface area contributed by atoms with Crippen LogP contribution in [-0.2, 0) is 0 Å². The molecule has 5 rings (SSSR count). The lowest BCUT2D eigenvalue weighted by atomic mass is 9.99. The van der Waals surface area contributed by atoms with E-state index in [2.05, 4.69) is 33.2 Å². The number of ether oxygens (including phenoxy) is 1. The van der Waals surface area contributed by atoms with E-state index < -0.39 is 6.10 Å². The zero-order valence-corrected chi connectivity index (χ0v) is 17.3. The van der Waals surface area contributed by atoms with Crippen molar-refractivity contribution in [3.63, 3.8) is 0 Å². The molecule has 1 aliphatic rings. The number of β-amino-alcohol motifs (C(OH)–C–C–N with tert-alkyl or cyclic N) is 1. The SMILES string of the molecule is OC(COc1cccc2[nH]ccc12)CN1CC=C(c2c[nH]c3cc(Cl)ccc23)CC1. The predicted octanol–water partition coefficient (Wildman–Crippen LogP) is 4.83. The summed E-state index contributed by atoms with van der Waals surface area (Å²) >= 11 is 6.09. The monoisotopic (exact) mass is 421 g/mol. The van der Waals surface area contributed by atoms with Gasteiger partial charge in [0.1, 0.15) is 18.5 Å². The third kappa shape index (κ3) is 3.84. The third-order valence-corrected chi connectivity index (χ3v) is 5.97. The van der Waals surface area contributed by atoms with Crippen LogP contribution in [0, 0.1) is 0 Å². The number of halogens is 1. The van der Waals surface area contributed by atoms with E-state index in [0.29, 0.717) is 6.54 Å². The van der Waals surface area contributed by atoms with Crippen LogP contribution in [0.4, 0.5) is 0 Å². The molecule has 1 aliphatic heterocycles. The van der Waals surface area contributed by atoms with Crippen molar-refractivity contribution < 1.29 is 9.84 Å². The average molecular weight is 422 g/mol. The smallest absolute Gasteiger partial charge is 0.128 e. The van der Waals surface area contributed by atoms with Crippen LogP contribution in [0.3, 0.4) is 0 Å². The zero-order valence-electron chi connectivity index (χ0n) is 16.6. The van der Waals surface area contributed by atoms with Crippen LogP contribution in [-0.4, -0.2) is 52.3 Å². The summed E-state index contributed by atoms with van der Waals surface area (Å²) in [5.74, 6) is 0.799. The van der Waals surface area contributed by atoms with Gasteiger partial charge in [0.2, 0.25) is 0 Å². The number of fused-ring (bicyclic) bond motifs is 2. The normalized spacial score (nSPS) is 16.1. The quantitative estimate of drug-likeness (QED) is 0.417. The second-order valence-corrected chi connectivity index (χ2v) is 8.23. The van der Waals surface area contributed by atoms with Gasteiger partial charge in [-0.2, -0.15) is 0 Å². The molecule has 30 heavy (non-hydrogen) atoms. The molecule has 0 radical (unpaired) electrons. The summed E-state index contributed by atoms with van der Waals surface area (Å²) in [4.78, 5) is 8.76. The molecule has 2 aromatic heterocycles. The number of benzene rings is 2. The number of aliphatic hydroxyl groups excluding tert-OH is 1. The van der Waals surface area contributed by atoms with Gasteiger partial charge in [0.15, 0.2) is 0 Å². The van der Waals surface area contributed by atoms with Gasteiger partial charge in [-0.05, 0) is 42.3 Å². The molecule has 0 aliphatic carbocycles. The van der Waals surface area contributed by atoms with Crippen LogP contribution in [0.15, 0.2) is 60.9 Å². The summed E-state index contributed by atoms with van der Waals surface area (Å²) in [6.07, 6.45) is 6.63. The first-order valence-electron chi connectivity index (χ1n) is 10.2. The first-order chi connectivity index (χ1) is 14.7. The molecular formula is C24H24ClN3O2. The van der Waals surface area contributed by atoms with Gasteiger partial charge < -0.3 is 19.8 Å². The van der Waals surface area contributed by atoms with E-state index in [1.165, 1.54) is 16.5 Å². The van der Waals surface area contributed by atoms with E-state index >= 15 is 0 Å². The summed E-state index contributed by atoms with van der Waals surface area (Å²) in [6.45, 7) is 2.60. The largest absolute Gasteiger partial charge is 0.490 e. The Hall–Kier alpha value is -2.73. The maximum absolute atomic E-state index is 10.5. The predicted molar refractivity (Wildman–Crippen MR) is 122 cm³/mol. The Morgan fingerprint density at radius 1 is 1.10 bits per heavy atom. The van der Waals surface area contributed by atoms with Gasteiger partial charge in [-0.1, -0.05) is 29.8 Å². The lowest BCUT2D eigenvalue weighted by molar-refractivity contribution is 0.0722. The second-order valence-electron chi connectivity index (χ2n) is 7.79. The molecule has 0 spiro atoms. The highest BCUT2D eigenvalue weighted by atomic mass is 35.5. The van der Waals surface area contributed by atoms with Crippen LogP contribution in [0.25, 0.3) is 27.4 Å². The standard InChI is InChI=1S/C24H24ClN3O2/c25-17-4-5-19-21(13-27-23(19)12-17)16-7-10-28(11-8-16)14-18(29)15-30-24-3-1-2-22-20(24)6-9-26-22/h1-7,9,12-13,18,26-27,29H,8,10-11,14-15H2. The van der Waals surface area contributed by atoms with Gasteiger partial charge in [-0.3, -0.25) is 4.90 Å². The molecule has 1 atom stereocenters. The maximum Gasteiger partial charge on any atom is 0.128 e. The number of hydrogen-bond donors (Lipinski definition) is 3. The Kier molecular flexibility index (Phi) is 5.25. The van der Waals surface area contributed by atoms with Crippen molar-refractivity contribution in [2.75, 3.05) is 26.2 Å². The van der Waals surface area contributed by atoms with Gasteiger partial charge in [-0.25, -0.2) is 0 Å². The Balaban J connectivity index is 1.19. The number of nitrogens with zero attached hydrogens (tertiary/aromatic N) is 1. The van der Waals surface area contributed by atoms with Crippen LogP contribution in [0.5, 0.6) is 5.75 Å². The molecule has 0 fully saturated rings. The fourth-order valence-electron chi connectivity index (χ4n) is 4.20. The molecule has 0 amide bonds. The molecule has 1 unspecified atom stereocenters. The number of H-pyrrole nitrogens is 2. The second kappa shape index (κ2) is 8.19. The summed E-state index contributed by atoms with van der Waals surface area (Å²) in [5, 5.41) is 13.5. The number of aromatic amines is 2. The summed E-state index contributed by atoms with van der Waals surface area (Å²) < 4.78 is 5.89. The van der Waals surface area contributed by atoms with Gasteiger partial charge in [-0.15, -0.1) is 0 Å². The van der Waals surface area contributed by atoms with E-state index in [1.807, 2.05) is 42.6 Å². The van der Waals surface area contributed by atoms with Crippen molar-refractivity contribution in [2.45, 2.75) is 12.5 Å². The minimum absolute atomic E-state index is 0.278. The highest BCUT2D eigenvalue weighted by Gasteiger charge is 2.18. The number of hydrogen-bond acceptors (Lipinski definition) is 3. The minimum Gasteiger partial charge on any atom is -0.490 e. The Morgan fingerprint density at radius 3 is 2.90 bits per heavy atom. The lowest BCUT2D eigenvalue weighted by Gasteiger charge is -2.28. The van der Waals surface area contributed by atoms with E-state index in [4.69, 9.17) is 16.3 Å². The van der Waals surface area contributed by atoms with Crippen molar-refractivity contribution in [1.82, 2.24) is 14.9 Å². The fourth-order valence-corrected chi connectivity index (χ4v) is 4.38. The average Bonchev–Trinajstić information content (AvgIpc) is 3.39. The molecular weight excluding hydrogens is 398 g/mol. The molecule has 5 nitrogen and oxygen atoms in total. The van der Waals surface area contributed by atoms with Gasteiger partial charge in [0.05, 0.1) is 0 Å².